The Bertz CT molecular complexity index is 212. The van der Waals surface area contributed by atoms with Crippen LogP contribution in [0.15, 0.2) is 0 Å². The van der Waals surface area contributed by atoms with Crippen molar-refractivity contribution in [1.82, 2.24) is 4.90 Å². The van der Waals surface area contributed by atoms with Gasteiger partial charge in [-0.15, -0.1) is 0 Å². The highest BCUT2D eigenvalue weighted by atomic mass is 16.5. The topological polar surface area (TPSA) is 72.6 Å². The molecule has 14 heavy (non-hydrogen) atoms. The summed E-state index contributed by atoms with van der Waals surface area (Å²) in [6.07, 6.45) is 1.24. The average Bonchev–Trinajstić information content (AvgIpc) is 2.18. The molecule has 1 aliphatic rings. The van der Waals surface area contributed by atoms with Gasteiger partial charge >= 0.3 is 0 Å². The standard InChI is InChI=1S/C9H16N2O3/c10-8(12)2-1-3-9(13)11-4-6-14-7-5-11/h1-7H2,(H2,10,12). The third-order valence-electron chi connectivity index (χ3n) is 2.18. The van der Waals surface area contributed by atoms with Gasteiger partial charge in [-0.3, -0.25) is 9.59 Å². The smallest absolute Gasteiger partial charge is 0.222 e. The lowest BCUT2D eigenvalue weighted by molar-refractivity contribution is -0.135. The molecule has 2 N–H and O–H groups in total. The molecule has 5 heteroatoms. The SMILES string of the molecule is NC(=O)CCCC(=O)N1CCOCC1. The monoisotopic (exact) mass is 200 g/mol. The van der Waals surface area contributed by atoms with Crippen LogP contribution in [0.5, 0.6) is 0 Å². The minimum atomic E-state index is -0.347. The molecule has 0 aromatic carbocycles. The summed E-state index contributed by atoms with van der Waals surface area (Å²) in [4.78, 5) is 23.7. The first kappa shape index (κ1) is 11.0. The molecule has 0 saturated carbocycles. The van der Waals surface area contributed by atoms with Crippen molar-refractivity contribution in [1.29, 1.82) is 0 Å². The number of hydrogen-bond donors (Lipinski definition) is 1. The second kappa shape index (κ2) is 5.59. The minimum Gasteiger partial charge on any atom is -0.378 e. The van der Waals surface area contributed by atoms with Crippen LogP contribution in [0.1, 0.15) is 19.3 Å². The molecule has 1 rings (SSSR count). The van der Waals surface area contributed by atoms with Crippen LogP contribution in [-0.2, 0) is 14.3 Å². The molecule has 1 fully saturated rings. The summed E-state index contributed by atoms with van der Waals surface area (Å²) in [5, 5.41) is 0. The first-order valence-corrected chi connectivity index (χ1v) is 4.84. The fourth-order valence-electron chi connectivity index (χ4n) is 1.38. The van der Waals surface area contributed by atoms with Crippen LogP contribution < -0.4 is 5.73 Å². The number of carbonyl (C=O) groups excluding carboxylic acids is 2. The molecular formula is C9H16N2O3. The van der Waals surface area contributed by atoms with Gasteiger partial charge in [0.25, 0.3) is 0 Å². The fourth-order valence-corrected chi connectivity index (χ4v) is 1.38. The molecule has 80 valence electrons. The highest BCUT2D eigenvalue weighted by Crippen LogP contribution is 2.03. The molecule has 5 nitrogen and oxygen atoms in total. The van der Waals surface area contributed by atoms with E-state index in [4.69, 9.17) is 10.5 Å². The van der Waals surface area contributed by atoms with Crippen molar-refractivity contribution in [3.63, 3.8) is 0 Å². The number of amides is 2. The lowest BCUT2D eigenvalue weighted by atomic mass is 10.2. The van der Waals surface area contributed by atoms with Crippen LogP contribution in [0.2, 0.25) is 0 Å². The molecular weight excluding hydrogens is 184 g/mol. The molecule has 0 aliphatic carbocycles. The van der Waals surface area contributed by atoms with E-state index < -0.39 is 0 Å². The van der Waals surface area contributed by atoms with Crippen molar-refractivity contribution in [2.75, 3.05) is 26.3 Å². The number of nitrogens with zero attached hydrogens (tertiary/aromatic N) is 1. The van der Waals surface area contributed by atoms with Gasteiger partial charge in [0.15, 0.2) is 0 Å². The summed E-state index contributed by atoms with van der Waals surface area (Å²) < 4.78 is 5.12. The maximum Gasteiger partial charge on any atom is 0.222 e. The van der Waals surface area contributed by atoms with E-state index >= 15 is 0 Å². The van der Waals surface area contributed by atoms with E-state index in [2.05, 4.69) is 0 Å². The molecule has 0 bridgehead atoms. The molecule has 0 atom stereocenters. The van der Waals surface area contributed by atoms with E-state index in [1.54, 1.807) is 4.90 Å². The summed E-state index contributed by atoms with van der Waals surface area (Å²) in [7, 11) is 0. The lowest BCUT2D eigenvalue weighted by Gasteiger charge is -2.26. The van der Waals surface area contributed by atoms with Gasteiger partial charge in [-0.05, 0) is 6.42 Å². The van der Waals surface area contributed by atoms with Gasteiger partial charge in [0.05, 0.1) is 13.2 Å². The number of nitrogens with two attached hydrogens (primary N) is 1. The van der Waals surface area contributed by atoms with Crippen molar-refractivity contribution in [2.45, 2.75) is 19.3 Å². The molecule has 1 heterocycles. The van der Waals surface area contributed by atoms with Crippen molar-refractivity contribution in [2.24, 2.45) is 5.73 Å². The quantitative estimate of drug-likeness (QED) is 0.665. The van der Waals surface area contributed by atoms with E-state index in [-0.39, 0.29) is 18.2 Å². The van der Waals surface area contributed by atoms with Gasteiger partial charge in [0.1, 0.15) is 0 Å². The molecule has 1 aliphatic heterocycles. The fraction of sp³-hybridized carbons (Fsp3) is 0.778. The number of ether oxygens (including phenoxy) is 1. The van der Waals surface area contributed by atoms with E-state index in [0.29, 0.717) is 39.1 Å². The summed E-state index contributed by atoms with van der Waals surface area (Å²) >= 11 is 0. The van der Waals surface area contributed by atoms with Crippen LogP contribution in [0.25, 0.3) is 0 Å². The normalized spacial score (nSPS) is 16.7. The van der Waals surface area contributed by atoms with Crippen LogP contribution in [-0.4, -0.2) is 43.0 Å². The average molecular weight is 200 g/mol. The minimum absolute atomic E-state index is 0.0922. The molecule has 2 amide bonds. The van der Waals surface area contributed by atoms with Crippen LogP contribution in [0.3, 0.4) is 0 Å². The summed E-state index contributed by atoms with van der Waals surface area (Å²) in [5.41, 5.74) is 4.97. The van der Waals surface area contributed by atoms with Crippen molar-refractivity contribution >= 4 is 11.8 Å². The predicted octanol–water partition coefficient (Wildman–Crippen LogP) is -0.499. The zero-order valence-corrected chi connectivity index (χ0v) is 8.20. The maximum absolute atomic E-state index is 11.5. The second-order valence-electron chi connectivity index (χ2n) is 3.31. The van der Waals surface area contributed by atoms with Crippen LogP contribution >= 0.6 is 0 Å². The number of morpholine rings is 1. The zero-order valence-electron chi connectivity index (χ0n) is 8.20. The molecule has 0 unspecified atom stereocenters. The molecule has 0 aromatic heterocycles. The summed E-state index contributed by atoms with van der Waals surface area (Å²) in [6, 6.07) is 0. The van der Waals surface area contributed by atoms with Gasteiger partial charge in [-0.25, -0.2) is 0 Å². The Labute approximate surface area is 83.2 Å². The Morgan fingerprint density at radius 3 is 2.43 bits per heavy atom. The van der Waals surface area contributed by atoms with Crippen LogP contribution in [0.4, 0.5) is 0 Å². The number of primary amides is 1. The Hall–Kier alpha value is -1.10. The van der Waals surface area contributed by atoms with Crippen molar-refractivity contribution in [3.8, 4) is 0 Å². The second-order valence-corrected chi connectivity index (χ2v) is 3.31. The third kappa shape index (κ3) is 3.74. The Kier molecular flexibility index (Phi) is 4.39. The highest BCUT2D eigenvalue weighted by molar-refractivity contribution is 5.78. The lowest BCUT2D eigenvalue weighted by Crippen LogP contribution is -2.40. The summed E-state index contributed by atoms with van der Waals surface area (Å²) in [5.74, 6) is -0.255. The van der Waals surface area contributed by atoms with Gasteiger partial charge in [0, 0.05) is 25.9 Å². The Morgan fingerprint density at radius 2 is 1.86 bits per heavy atom. The highest BCUT2D eigenvalue weighted by Gasteiger charge is 2.16. The van der Waals surface area contributed by atoms with E-state index in [0.717, 1.165) is 0 Å². The molecule has 0 radical (unpaired) electrons. The number of rotatable bonds is 4. The van der Waals surface area contributed by atoms with Gasteiger partial charge in [-0.2, -0.15) is 0 Å². The Balaban J connectivity index is 2.16. The Morgan fingerprint density at radius 1 is 1.21 bits per heavy atom. The maximum atomic E-state index is 11.5. The van der Waals surface area contributed by atoms with E-state index in [1.165, 1.54) is 0 Å². The largest absolute Gasteiger partial charge is 0.378 e. The van der Waals surface area contributed by atoms with Crippen molar-refractivity contribution in [3.05, 3.63) is 0 Å². The zero-order chi connectivity index (χ0) is 10.4. The van der Waals surface area contributed by atoms with Gasteiger partial charge in [-0.1, -0.05) is 0 Å². The predicted molar refractivity (Wildman–Crippen MR) is 50.4 cm³/mol. The van der Waals surface area contributed by atoms with E-state index in [9.17, 15) is 9.59 Å². The van der Waals surface area contributed by atoms with Crippen molar-refractivity contribution < 1.29 is 14.3 Å². The summed E-state index contributed by atoms with van der Waals surface area (Å²) in [6.45, 7) is 2.55. The number of hydrogen-bond acceptors (Lipinski definition) is 3. The van der Waals surface area contributed by atoms with E-state index in [1.807, 2.05) is 0 Å². The first-order chi connectivity index (χ1) is 6.70. The molecule has 0 aromatic rings. The van der Waals surface area contributed by atoms with Crippen LogP contribution in [0, 0.1) is 0 Å². The first-order valence-electron chi connectivity index (χ1n) is 4.84. The third-order valence-corrected chi connectivity index (χ3v) is 2.18. The van der Waals surface area contributed by atoms with Gasteiger partial charge < -0.3 is 15.4 Å². The molecule has 1 saturated heterocycles. The number of carbonyl (C=O) groups is 2. The van der Waals surface area contributed by atoms with Gasteiger partial charge in [0.2, 0.25) is 11.8 Å². The molecule has 0 spiro atoms.